The first-order chi connectivity index (χ1) is 12.6. The number of aromatic nitrogens is 2. The van der Waals surface area contributed by atoms with Crippen molar-refractivity contribution in [1.29, 1.82) is 0 Å². The molecule has 0 unspecified atom stereocenters. The zero-order valence-corrected chi connectivity index (χ0v) is 16.2. The summed E-state index contributed by atoms with van der Waals surface area (Å²) in [6.07, 6.45) is -0.608. The van der Waals surface area contributed by atoms with Crippen LogP contribution in [0.5, 0.6) is 0 Å². The Morgan fingerprint density at radius 1 is 1.26 bits per heavy atom. The second kappa shape index (κ2) is 8.51. The number of ether oxygens (including phenoxy) is 3. The maximum atomic E-state index is 12.2. The number of nitrogens with zero attached hydrogens (tertiary/aromatic N) is 2. The van der Waals surface area contributed by atoms with Crippen molar-refractivity contribution in [2.24, 2.45) is 17.8 Å². The molecule has 2 N–H and O–H groups in total. The standard InChI is InChI=1S/C18H27N3O6/c1-9(2)16(22)25-8-12-14(27-17(23)10(3)4)11(5)15(26-12)21-7-6-13(19)20-18(21)24/h6-7,9-12,14-15H,8H2,1-5H3,(H2,19,20,24)/t11-,12+,14-,15+/m0/s1. The van der Waals surface area contributed by atoms with Crippen LogP contribution in [-0.2, 0) is 23.8 Å². The molecule has 0 spiro atoms. The van der Waals surface area contributed by atoms with Gasteiger partial charge >= 0.3 is 17.6 Å². The molecule has 0 radical (unpaired) electrons. The maximum Gasteiger partial charge on any atom is 0.351 e. The molecule has 1 aliphatic heterocycles. The lowest BCUT2D eigenvalue weighted by Crippen LogP contribution is -2.36. The van der Waals surface area contributed by atoms with Crippen LogP contribution in [0, 0.1) is 17.8 Å². The molecule has 0 aliphatic carbocycles. The zero-order valence-electron chi connectivity index (χ0n) is 16.2. The van der Waals surface area contributed by atoms with Crippen LogP contribution < -0.4 is 11.4 Å². The molecule has 1 fully saturated rings. The average Bonchev–Trinajstić information content (AvgIpc) is 2.88. The highest BCUT2D eigenvalue weighted by Gasteiger charge is 2.46. The molecule has 150 valence electrons. The van der Waals surface area contributed by atoms with Gasteiger partial charge in [0.2, 0.25) is 0 Å². The number of nitrogen functional groups attached to an aromatic ring is 1. The largest absolute Gasteiger partial charge is 0.463 e. The smallest absolute Gasteiger partial charge is 0.351 e. The number of nitrogens with two attached hydrogens (primary N) is 1. The van der Waals surface area contributed by atoms with Gasteiger partial charge in [-0.25, -0.2) is 4.79 Å². The van der Waals surface area contributed by atoms with E-state index in [1.165, 1.54) is 16.8 Å². The summed E-state index contributed by atoms with van der Waals surface area (Å²) in [6, 6.07) is 1.48. The Hall–Kier alpha value is -2.42. The molecule has 4 atom stereocenters. The minimum absolute atomic E-state index is 0.0783. The van der Waals surface area contributed by atoms with Crippen LogP contribution in [0.25, 0.3) is 0 Å². The molecule has 1 aromatic heterocycles. The second-order valence-electron chi connectivity index (χ2n) is 7.31. The van der Waals surface area contributed by atoms with Gasteiger partial charge in [-0.3, -0.25) is 14.2 Å². The Labute approximate surface area is 157 Å². The first-order valence-electron chi connectivity index (χ1n) is 8.99. The molecule has 1 aromatic rings. The third kappa shape index (κ3) is 4.85. The van der Waals surface area contributed by atoms with Crippen LogP contribution >= 0.6 is 0 Å². The van der Waals surface area contributed by atoms with Gasteiger partial charge in [-0.15, -0.1) is 0 Å². The van der Waals surface area contributed by atoms with Crippen LogP contribution in [0.15, 0.2) is 17.1 Å². The molecule has 0 amide bonds. The topological polar surface area (TPSA) is 123 Å². The van der Waals surface area contributed by atoms with E-state index in [1.807, 2.05) is 0 Å². The van der Waals surface area contributed by atoms with Crippen molar-refractivity contribution in [2.75, 3.05) is 12.3 Å². The maximum absolute atomic E-state index is 12.2. The number of rotatable bonds is 6. The lowest BCUT2D eigenvalue weighted by Gasteiger charge is -2.22. The minimum Gasteiger partial charge on any atom is -0.463 e. The number of carbonyl (C=O) groups excluding carboxylic acids is 2. The quantitative estimate of drug-likeness (QED) is 0.728. The van der Waals surface area contributed by atoms with Gasteiger partial charge in [-0.1, -0.05) is 34.6 Å². The highest BCUT2D eigenvalue weighted by atomic mass is 16.6. The van der Waals surface area contributed by atoms with Gasteiger partial charge in [0.05, 0.1) is 11.8 Å². The van der Waals surface area contributed by atoms with E-state index in [-0.39, 0.29) is 42.1 Å². The van der Waals surface area contributed by atoms with Crippen molar-refractivity contribution in [2.45, 2.75) is 53.1 Å². The Morgan fingerprint density at radius 3 is 2.44 bits per heavy atom. The lowest BCUT2D eigenvalue weighted by atomic mass is 10.0. The SMILES string of the molecule is CC(C)C(=O)OC[C@H]1O[C@@H](n2ccc(N)nc2=O)[C@@H](C)[C@@H]1OC(=O)C(C)C. The fourth-order valence-electron chi connectivity index (χ4n) is 2.74. The molecule has 0 saturated carbocycles. The molecular weight excluding hydrogens is 354 g/mol. The third-order valence-electron chi connectivity index (χ3n) is 4.36. The van der Waals surface area contributed by atoms with Gasteiger partial charge < -0.3 is 19.9 Å². The third-order valence-corrected chi connectivity index (χ3v) is 4.36. The van der Waals surface area contributed by atoms with Crippen molar-refractivity contribution in [1.82, 2.24) is 9.55 Å². The molecule has 2 rings (SSSR count). The lowest BCUT2D eigenvalue weighted by molar-refractivity contribution is -0.162. The van der Waals surface area contributed by atoms with E-state index in [0.717, 1.165) is 0 Å². The molecule has 0 aromatic carbocycles. The number of hydrogen-bond donors (Lipinski definition) is 1. The molecule has 2 heterocycles. The van der Waals surface area contributed by atoms with E-state index in [4.69, 9.17) is 19.9 Å². The molecule has 0 bridgehead atoms. The van der Waals surface area contributed by atoms with E-state index in [9.17, 15) is 14.4 Å². The van der Waals surface area contributed by atoms with E-state index in [1.54, 1.807) is 34.6 Å². The van der Waals surface area contributed by atoms with Crippen molar-refractivity contribution >= 4 is 17.8 Å². The van der Waals surface area contributed by atoms with E-state index in [0.29, 0.717) is 0 Å². The van der Waals surface area contributed by atoms with Crippen LogP contribution in [0.3, 0.4) is 0 Å². The predicted octanol–water partition coefficient (Wildman–Crippen LogP) is 1.13. The summed E-state index contributed by atoms with van der Waals surface area (Å²) in [5.41, 5.74) is 4.96. The summed E-state index contributed by atoms with van der Waals surface area (Å²) in [4.78, 5) is 39.8. The Balaban J connectivity index is 2.24. The molecule has 1 aliphatic rings. The number of esters is 2. The van der Waals surface area contributed by atoms with Crippen molar-refractivity contribution in [3.8, 4) is 0 Å². The van der Waals surface area contributed by atoms with Crippen LogP contribution in [0.2, 0.25) is 0 Å². The van der Waals surface area contributed by atoms with Gasteiger partial charge in [0, 0.05) is 12.1 Å². The minimum atomic E-state index is -0.724. The molecule has 9 nitrogen and oxygen atoms in total. The van der Waals surface area contributed by atoms with E-state index < -0.39 is 24.1 Å². The van der Waals surface area contributed by atoms with Gasteiger partial charge in [-0.2, -0.15) is 4.98 Å². The summed E-state index contributed by atoms with van der Waals surface area (Å²) in [7, 11) is 0. The predicted molar refractivity (Wildman–Crippen MR) is 96.5 cm³/mol. The van der Waals surface area contributed by atoms with Gasteiger partial charge in [0.15, 0.2) is 0 Å². The second-order valence-corrected chi connectivity index (χ2v) is 7.31. The first-order valence-corrected chi connectivity index (χ1v) is 8.99. The number of carbonyl (C=O) groups is 2. The van der Waals surface area contributed by atoms with E-state index in [2.05, 4.69) is 4.98 Å². The molecule has 1 saturated heterocycles. The Kier molecular flexibility index (Phi) is 6.59. The zero-order chi connectivity index (χ0) is 20.3. The summed E-state index contributed by atoms with van der Waals surface area (Å²) < 4.78 is 18.1. The average molecular weight is 381 g/mol. The Morgan fingerprint density at radius 2 is 1.89 bits per heavy atom. The van der Waals surface area contributed by atoms with Crippen molar-refractivity contribution in [3.05, 3.63) is 22.7 Å². The van der Waals surface area contributed by atoms with Gasteiger partial charge in [0.1, 0.15) is 30.9 Å². The number of hydrogen-bond acceptors (Lipinski definition) is 8. The highest BCUT2D eigenvalue weighted by Crippen LogP contribution is 2.36. The van der Waals surface area contributed by atoms with Crippen LogP contribution in [-0.4, -0.2) is 40.3 Å². The first kappa shape index (κ1) is 20.9. The fourth-order valence-corrected chi connectivity index (χ4v) is 2.74. The molecule has 9 heteroatoms. The highest BCUT2D eigenvalue weighted by molar-refractivity contribution is 5.72. The summed E-state index contributed by atoms with van der Waals surface area (Å²) in [6.45, 7) is 8.62. The summed E-state index contributed by atoms with van der Waals surface area (Å²) in [5, 5.41) is 0. The summed E-state index contributed by atoms with van der Waals surface area (Å²) in [5.74, 6) is -1.64. The fraction of sp³-hybridized carbons (Fsp3) is 0.667. The van der Waals surface area contributed by atoms with Crippen LogP contribution in [0.4, 0.5) is 5.82 Å². The summed E-state index contributed by atoms with van der Waals surface area (Å²) >= 11 is 0. The molecular formula is C18H27N3O6. The van der Waals surface area contributed by atoms with Gasteiger partial charge in [-0.05, 0) is 6.07 Å². The van der Waals surface area contributed by atoms with Crippen LogP contribution in [0.1, 0.15) is 40.8 Å². The van der Waals surface area contributed by atoms with E-state index >= 15 is 0 Å². The normalized spacial score (nSPS) is 25.0. The monoisotopic (exact) mass is 381 g/mol. The Bertz CT molecular complexity index is 745. The van der Waals surface area contributed by atoms with Crippen molar-refractivity contribution in [3.63, 3.8) is 0 Å². The van der Waals surface area contributed by atoms with Gasteiger partial charge in [0.25, 0.3) is 0 Å². The number of anilines is 1. The molecule has 27 heavy (non-hydrogen) atoms. The van der Waals surface area contributed by atoms with Crippen molar-refractivity contribution < 1.29 is 23.8 Å².